The molecule has 0 bridgehead atoms. The molecule has 1 aromatic rings. The number of amides is 1. The van der Waals surface area contributed by atoms with Crippen molar-refractivity contribution >= 4 is 23.3 Å². The average molecular weight is 362 g/mol. The van der Waals surface area contributed by atoms with Gasteiger partial charge in [-0.15, -0.1) is 0 Å². The zero-order chi connectivity index (χ0) is 19.2. The summed E-state index contributed by atoms with van der Waals surface area (Å²) in [6.07, 6.45) is -0.895. The summed E-state index contributed by atoms with van der Waals surface area (Å²) in [5, 5.41) is 20.3. The van der Waals surface area contributed by atoms with E-state index in [2.05, 4.69) is 0 Å². The minimum Gasteiger partial charge on any atom is -0.459 e. The van der Waals surface area contributed by atoms with Crippen LogP contribution < -0.4 is 0 Å². The number of rotatable bonds is 5. The Labute approximate surface area is 148 Å². The fourth-order valence-electron chi connectivity index (χ4n) is 3.63. The maximum Gasteiger partial charge on any atom is 0.337 e. The molecule has 9 nitrogen and oxygen atoms in total. The SMILES string of the molecule is C[C@H](O)[C@H]1C(=O)N2C(C(=O)OCc3ccc([N+](=O)[O-])cc3)C(=O)[C@H](C)[C@H]12. The zero-order valence-corrected chi connectivity index (χ0v) is 14.2. The average Bonchev–Trinajstić information content (AvgIpc) is 2.81. The smallest absolute Gasteiger partial charge is 0.337 e. The van der Waals surface area contributed by atoms with E-state index >= 15 is 0 Å². The van der Waals surface area contributed by atoms with Crippen LogP contribution in [0.4, 0.5) is 5.69 Å². The van der Waals surface area contributed by atoms with Gasteiger partial charge < -0.3 is 14.7 Å². The highest BCUT2D eigenvalue weighted by Gasteiger charge is 2.64. The minimum absolute atomic E-state index is 0.0851. The zero-order valence-electron chi connectivity index (χ0n) is 14.2. The van der Waals surface area contributed by atoms with Crippen LogP contribution in [0.5, 0.6) is 0 Å². The first-order valence-electron chi connectivity index (χ1n) is 8.18. The Bertz CT molecular complexity index is 774. The molecule has 0 aromatic heterocycles. The van der Waals surface area contributed by atoms with Crippen LogP contribution >= 0.6 is 0 Å². The van der Waals surface area contributed by atoms with Gasteiger partial charge in [0.15, 0.2) is 11.8 Å². The van der Waals surface area contributed by atoms with E-state index in [-0.39, 0.29) is 12.3 Å². The van der Waals surface area contributed by atoms with E-state index in [1.165, 1.54) is 36.1 Å². The molecule has 26 heavy (non-hydrogen) atoms. The molecule has 5 atom stereocenters. The van der Waals surface area contributed by atoms with E-state index in [4.69, 9.17) is 4.74 Å². The number of β-lactam (4-membered cyclic amide) rings is 1. The number of benzene rings is 1. The van der Waals surface area contributed by atoms with Crippen LogP contribution in [0.1, 0.15) is 19.4 Å². The van der Waals surface area contributed by atoms with Crippen LogP contribution in [0.3, 0.4) is 0 Å². The Kier molecular flexibility index (Phi) is 4.49. The van der Waals surface area contributed by atoms with Crippen LogP contribution in [-0.2, 0) is 25.7 Å². The first kappa shape index (κ1) is 18.0. The van der Waals surface area contributed by atoms with Gasteiger partial charge >= 0.3 is 5.97 Å². The van der Waals surface area contributed by atoms with Crippen molar-refractivity contribution in [2.24, 2.45) is 11.8 Å². The Morgan fingerprint density at radius 2 is 1.96 bits per heavy atom. The number of carbonyl (C=O) groups excluding carboxylic acids is 3. The van der Waals surface area contributed by atoms with Gasteiger partial charge in [-0.3, -0.25) is 19.7 Å². The number of ketones is 1. The van der Waals surface area contributed by atoms with E-state index in [1.807, 2.05) is 0 Å². The molecule has 2 fully saturated rings. The highest BCUT2D eigenvalue weighted by atomic mass is 16.6. The lowest BCUT2D eigenvalue weighted by atomic mass is 9.79. The quantitative estimate of drug-likeness (QED) is 0.265. The van der Waals surface area contributed by atoms with Gasteiger partial charge in [0, 0.05) is 18.1 Å². The molecule has 1 N–H and O–H groups in total. The molecular weight excluding hydrogens is 344 g/mol. The molecule has 3 rings (SSSR count). The van der Waals surface area contributed by atoms with Gasteiger partial charge in [-0.25, -0.2) is 4.79 Å². The van der Waals surface area contributed by atoms with E-state index < -0.39 is 52.6 Å². The van der Waals surface area contributed by atoms with Crippen molar-refractivity contribution in [3.63, 3.8) is 0 Å². The second kappa shape index (κ2) is 6.49. The molecule has 1 amide bonds. The second-order valence-electron chi connectivity index (χ2n) is 6.63. The van der Waals surface area contributed by atoms with Gasteiger partial charge in [0.1, 0.15) is 6.61 Å². The molecule has 2 aliphatic rings. The van der Waals surface area contributed by atoms with Gasteiger partial charge in [-0.05, 0) is 24.6 Å². The summed E-state index contributed by atoms with van der Waals surface area (Å²) in [4.78, 5) is 48.2. The first-order chi connectivity index (χ1) is 12.2. The summed E-state index contributed by atoms with van der Waals surface area (Å²) >= 11 is 0. The van der Waals surface area contributed by atoms with Gasteiger partial charge in [-0.2, -0.15) is 0 Å². The lowest BCUT2D eigenvalue weighted by Gasteiger charge is -2.46. The minimum atomic E-state index is -1.30. The van der Waals surface area contributed by atoms with E-state index in [0.29, 0.717) is 5.56 Å². The van der Waals surface area contributed by atoms with Crippen molar-refractivity contribution in [3.05, 3.63) is 39.9 Å². The topological polar surface area (TPSA) is 127 Å². The van der Waals surface area contributed by atoms with Gasteiger partial charge in [0.25, 0.3) is 5.69 Å². The van der Waals surface area contributed by atoms with Gasteiger partial charge in [0.05, 0.1) is 23.0 Å². The van der Waals surface area contributed by atoms with Crippen molar-refractivity contribution in [1.29, 1.82) is 0 Å². The fourth-order valence-corrected chi connectivity index (χ4v) is 3.63. The number of nitro groups is 1. The molecule has 1 unspecified atom stereocenters. The Balaban J connectivity index is 1.67. The summed E-state index contributed by atoms with van der Waals surface area (Å²) in [6.45, 7) is 2.95. The molecule has 0 aliphatic carbocycles. The third-order valence-corrected chi connectivity index (χ3v) is 5.01. The number of hydrogen-bond donors (Lipinski definition) is 1. The molecule has 2 saturated heterocycles. The lowest BCUT2D eigenvalue weighted by Crippen LogP contribution is -2.65. The number of ether oxygens (including phenoxy) is 1. The molecule has 2 heterocycles. The number of aliphatic hydroxyl groups excluding tert-OH is 1. The number of carbonyl (C=O) groups is 3. The first-order valence-corrected chi connectivity index (χ1v) is 8.18. The van der Waals surface area contributed by atoms with Crippen molar-refractivity contribution < 1.29 is 29.2 Å². The molecule has 0 spiro atoms. The number of Topliss-reactive ketones (excluding diaryl/α,β-unsaturated/α-hetero) is 1. The molecule has 0 saturated carbocycles. The summed E-state index contributed by atoms with van der Waals surface area (Å²) in [7, 11) is 0. The molecule has 2 aliphatic heterocycles. The number of nitro benzene ring substituents is 1. The van der Waals surface area contributed by atoms with Crippen LogP contribution in [0.15, 0.2) is 24.3 Å². The summed E-state index contributed by atoms with van der Waals surface area (Å²) < 4.78 is 5.14. The predicted octanol–water partition coefficient (Wildman–Crippen LogP) is 0.433. The number of fused-ring (bicyclic) bond motifs is 1. The molecule has 0 radical (unpaired) electrons. The highest BCUT2D eigenvalue weighted by molar-refractivity contribution is 6.12. The van der Waals surface area contributed by atoms with Gasteiger partial charge in [-0.1, -0.05) is 6.92 Å². The van der Waals surface area contributed by atoms with E-state index in [9.17, 15) is 29.6 Å². The standard InChI is InChI=1S/C17H18N2O7/c1-8-13-12(9(2)20)16(22)18(13)14(15(8)21)17(23)26-7-10-3-5-11(6-4-10)19(24)25/h3-6,8-9,12-14,20H,7H2,1-2H3/t8-,9+,12-,13-,14?/m1/s1. The second-order valence-corrected chi connectivity index (χ2v) is 6.63. The van der Waals surface area contributed by atoms with Crippen LogP contribution in [-0.4, -0.2) is 50.8 Å². The van der Waals surface area contributed by atoms with E-state index in [0.717, 1.165) is 0 Å². The van der Waals surface area contributed by atoms with Crippen LogP contribution in [0.25, 0.3) is 0 Å². The summed E-state index contributed by atoms with van der Waals surface area (Å²) in [6, 6.07) is 3.68. The van der Waals surface area contributed by atoms with Crippen molar-refractivity contribution in [3.8, 4) is 0 Å². The van der Waals surface area contributed by atoms with Gasteiger partial charge in [0.2, 0.25) is 5.91 Å². The summed E-state index contributed by atoms with van der Waals surface area (Å²) in [5.74, 6) is -2.90. The molecule has 9 heteroatoms. The van der Waals surface area contributed by atoms with Crippen molar-refractivity contribution in [2.45, 2.75) is 38.6 Å². The molecule has 138 valence electrons. The number of non-ortho nitro benzene ring substituents is 1. The number of nitrogens with zero attached hydrogens (tertiary/aromatic N) is 2. The van der Waals surface area contributed by atoms with Crippen LogP contribution in [0.2, 0.25) is 0 Å². The molecular formula is C17H18N2O7. The Hall–Kier alpha value is -2.81. The third-order valence-electron chi connectivity index (χ3n) is 5.01. The van der Waals surface area contributed by atoms with Crippen molar-refractivity contribution in [2.75, 3.05) is 0 Å². The maximum absolute atomic E-state index is 12.4. The highest BCUT2D eigenvalue weighted by Crippen LogP contribution is 2.43. The number of hydrogen-bond acceptors (Lipinski definition) is 7. The normalized spacial score (nSPS) is 28.3. The number of aliphatic hydroxyl groups is 1. The summed E-state index contributed by atoms with van der Waals surface area (Å²) in [5.41, 5.74) is 0.439. The number of esters is 1. The largest absolute Gasteiger partial charge is 0.459 e. The third kappa shape index (κ3) is 2.74. The van der Waals surface area contributed by atoms with E-state index in [1.54, 1.807) is 6.92 Å². The fraction of sp³-hybridized carbons (Fsp3) is 0.471. The Morgan fingerprint density at radius 3 is 2.50 bits per heavy atom. The lowest BCUT2D eigenvalue weighted by molar-refractivity contribution is -0.384. The predicted molar refractivity (Wildman–Crippen MR) is 86.7 cm³/mol. The Morgan fingerprint density at radius 1 is 1.35 bits per heavy atom. The molecule has 1 aromatic carbocycles. The monoisotopic (exact) mass is 362 g/mol. The maximum atomic E-state index is 12.4. The van der Waals surface area contributed by atoms with Crippen LogP contribution in [0, 0.1) is 22.0 Å². The van der Waals surface area contributed by atoms with Crippen molar-refractivity contribution in [1.82, 2.24) is 4.90 Å².